The SMILES string of the molecule is CCCN(CC(=O)OC)CC1CN(CC)CCO1. The smallest absolute Gasteiger partial charge is 0.319 e. The summed E-state index contributed by atoms with van der Waals surface area (Å²) in [6, 6.07) is 0. The van der Waals surface area contributed by atoms with Crippen molar-refractivity contribution in [3.05, 3.63) is 0 Å². The van der Waals surface area contributed by atoms with Gasteiger partial charge in [-0.3, -0.25) is 14.6 Å². The van der Waals surface area contributed by atoms with Crippen molar-refractivity contribution in [3.63, 3.8) is 0 Å². The lowest BCUT2D eigenvalue weighted by Gasteiger charge is -2.34. The van der Waals surface area contributed by atoms with E-state index in [1.165, 1.54) is 7.11 Å². The molecule has 0 aromatic heterocycles. The summed E-state index contributed by atoms with van der Waals surface area (Å²) in [5, 5.41) is 0. The minimum absolute atomic E-state index is 0.174. The molecule has 5 nitrogen and oxygen atoms in total. The van der Waals surface area contributed by atoms with Gasteiger partial charge in [0, 0.05) is 19.6 Å². The zero-order valence-electron chi connectivity index (χ0n) is 11.9. The van der Waals surface area contributed by atoms with E-state index in [0.717, 1.165) is 45.8 Å². The van der Waals surface area contributed by atoms with Crippen molar-refractivity contribution in [1.82, 2.24) is 9.80 Å². The Kier molecular flexibility index (Phi) is 7.23. The van der Waals surface area contributed by atoms with Crippen LogP contribution in [-0.4, -0.2) is 74.9 Å². The van der Waals surface area contributed by atoms with Gasteiger partial charge in [0.1, 0.15) is 0 Å². The van der Waals surface area contributed by atoms with Crippen LogP contribution in [0.15, 0.2) is 0 Å². The highest BCUT2D eigenvalue weighted by molar-refractivity contribution is 5.71. The topological polar surface area (TPSA) is 42.0 Å². The molecule has 0 bridgehead atoms. The van der Waals surface area contributed by atoms with Crippen LogP contribution in [0.25, 0.3) is 0 Å². The van der Waals surface area contributed by atoms with Crippen molar-refractivity contribution in [2.45, 2.75) is 26.4 Å². The number of likely N-dealkylation sites (N-methyl/N-ethyl adjacent to an activating group) is 1. The molecule has 1 aliphatic heterocycles. The van der Waals surface area contributed by atoms with Crippen LogP contribution < -0.4 is 0 Å². The number of methoxy groups -OCH3 is 1. The first-order valence-electron chi connectivity index (χ1n) is 6.82. The second kappa shape index (κ2) is 8.45. The van der Waals surface area contributed by atoms with Crippen LogP contribution in [0.3, 0.4) is 0 Å². The maximum atomic E-state index is 11.3. The van der Waals surface area contributed by atoms with E-state index >= 15 is 0 Å². The van der Waals surface area contributed by atoms with E-state index in [0.29, 0.717) is 6.54 Å². The monoisotopic (exact) mass is 258 g/mol. The van der Waals surface area contributed by atoms with Gasteiger partial charge < -0.3 is 9.47 Å². The molecule has 1 aliphatic rings. The van der Waals surface area contributed by atoms with Gasteiger partial charge in [0.2, 0.25) is 0 Å². The predicted molar refractivity (Wildman–Crippen MR) is 70.6 cm³/mol. The number of nitrogens with zero attached hydrogens (tertiary/aromatic N) is 2. The van der Waals surface area contributed by atoms with Crippen molar-refractivity contribution in [2.24, 2.45) is 0 Å². The summed E-state index contributed by atoms with van der Waals surface area (Å²) in [6.07, 6.45) is 1.23. The number of morpholine rings is 1. The van der Waals surface area contributed by atoms with Crippen LogP contribution in [0.5, 0.6) is 0 Å². The van der Waals surface area contributed by atoms with Gasteiger partial charge in [0.15, 0.2) is 0 Å². The first kappa shape index (κ1) is 15.4. The summed E-state index contributed by atoms with van der Waals surface area (Å²) in [4.78, 5) is 15.9. The Morgan fingerprint density at radius 1 is 1.50 bits per heavy atom. The fraction of sp³-hybridized carbons (Fsp3) is 0.923. The van der Waals surface area contributed by atoms with Crippen LogP contribution in [0.4, 0.5) is 0 Å². The minimum Gasteiger partial charge on any atom is -0.468 e. The first-order chi connectivity index (χ1) is 8.69. The molecule has 0 spiro atoms. The van der Waals surface area contributed by atoms with Crippen molar-refractivity contribution in [2.75, 3.05) is 53.0 Å². The maximum Gasteiger partial charge on any atom is 0.319 e. The average molecular weight is 258 g/mol. The lowest BCUT2D eigenvalue weighted by atomic mass is 10.2. The van der Waals surface area contributed by atoms with Crippen molar-refractivity contribution in [3.8, 4) is 0 Å². The Labute approximate surface area is 110 Å². The van der Waals surface area contributed by atoms with Crippen LogP contribution in [-0.2, 0) is 14.3 Å². The summed E-state index contributed by atoms with van der Waals surface area (Å²) in [5.74, 6) is -0.174. The molecule has 1 fully saturated rings. The molecule has 1 heterocycles. The molecule has 0 N–H and O–H groups in total. The number of ether oxygens (including phenoxy) is 2. The Balaban J connectivity index is 2.41. The Bertz CT molecular complexity index is 248. The maximum absolute atomic E-state index is 11.3. The van der Waals surface area contributed by atoms with E-state index in [1.54, 1.807) is 0 Å². The molecule has 1 rings (SSSR count). The standard InChI is InChI=1S/C13H26N2O3/c1-4-6-15(11-13(16)17-3)10-12-9-14(5-2)7-8-18-12/h12H,4-11H2,1-3H3. The predicted octanol–water partition coefficient (Wildman–Crippen LogP) is 0.592. The Morgan fingerprint density at radius 2 is 2.28 bits per heavy atom. The molecule has 0 radical (unpaired) electrons. The van der Waals surface area contributed by atoms with E-state index in [4.69, 9.17) is 9.47 Å². The van der Waals surface area contributed by atoms with Crippen molar-refractivity contribution >= 4 is 5.97 Å². The highest BCUT2D eigenvalue weighted by Crippen LogP contribution is 2.07. The molecule has 1 unspecified atom stereocenters. The number of esters is 1. The number of carbonyl (C=O) groups is 1. The third-order valence-corrected chi connectivity index (χ3v) is 3.25. The Morgan fingerprint density at radius 3 is 2.89 bits per heavy atom. The van der Waals surface area contributed by atoms with E-state index < -0.39 is 0 Å². The van der Waals surface area contributed by atoms with E-state index in [-0.39, 0.29) is 12.1 Å². The van der Waals surface area contributed by atoms with Gasteiger partial charge in [0.05, 0.1) is 26.4 Å². The summed E-state index contributed by atoms with van der Waals surface area (Å²) in [5.41, 5.74) is 0. The first-order valence-corrected chi connectivity index (χ1v) is 6.82. The number of carbonyl (C=O) groups excluding carboxylic acids is 1. The van der Waals surface area contributed by atoms with Crippen molar-refractivity contribution in [1.29, 1.82) is 0 Å². The molecular formula is C13H26N2O3. The molecular weight excluding hydrogens is 232 g/mol. The zero-order valence-corrected chi connectivity index (χ0v) is 11.9. The summed E-state index contributed by atoms with van der Waals surface area (Å²) >= 11 is 0. The molecule has 0 saturated carbocycles. The third kappa shape index (κ3) is 5.33. The van der Waals surface area contributed by atoms with Gasteiger partial charge in [-0.1, -0.05) is 13.8 Å². The fourth-order valence-corrected chi connectivity index (χ4v) is 2.26. The molecule has 1 saturated heterocycles. The molecule has 0 aromatic rings. The minimum atomic E-state index is -0.174. The largest absolute Gasteiger partial charge is 0.468 e. The second-order valence-corrected chi connectivity index (χ2v) is 4.70. The molecule has 0 amide bonds. The van der Waals surface area contributed by atoms with Gasteiger partial charge >= 0.3 is 5.97 Å². The molecule has 106 valence electrons. The quantitative estimate of drug-likeness (QED) is 0.625. The van der Waals surface area contributed by atoms with Crippen LogP contribution >= 0.6 is 0 Å². The Hall–Kier alpha value is -0.650. The number of rotatable bonds is 7. The summed E-state index contributed by atoms with van der Waals surface area (Å²) in [6.45, 7) is 10.2. The molecule has 0 aromatic carbocycles. The van der Waals surface area contributed by atoms with Crippen LogP contribution in [0.1, 0.15) is 20.3 Å². The van der Waals surface area contributed by atoms with E-state index in [9.17, 15) is 4.79 Å². The average Bonchev–Trinajstić information content (AvgIpc) is 2.39. The summed E-state index contributed by atoms with van der Waals surface area (Å²) in [7, 11) is 1.43. The highest BCUT2D eigenvalue weighted by Gasteiger charge is 2.22. The van der Waals surface area contributed by atoms with Gasteiger partial charge in [-0.2, -0.15) is 0 Å². The third-order valence-electron chi connectivity index (χ3n) is 3.25. The zero-order chi connectivity index (χ0) is 13.4. The van der Waals surface area contributed by atoms with E-state index in [1.807, 2.05) is 0 Å². The van der Waals surface area contributed by atoms with Crippen molar-refractivity contribution < 1.29 is 14.3 Å². The second-order valence-electron chi connectivity index (χ2n) is 4.70. The van der Waals surface area contributed by atoms with Gasteiger partial charge in [0.25, 0.3) is 0 Å². The highest BCUT2D eigenvalue weighted by atomic mass is 16.5. The molecule has 1 atom stereocenters. The lowest BCUT2D eigenvalue weighted by molar-refractivity contribution is -0.142. The van der Waals surface area contributed by atoms with Gasteiger partial charge in [-0.15, -0.1) is 0 Å². The molecule has 18 heavy (non-hydrogen) atoms. The van der Waals surface area contributed by atoms with Gasteiger partial charge in [-0.05, 0) is 19.5 Å². The molecule has 5 heteroatoms. The number of hydrogen-bond acceptors (Lipinski definition) is 5. The van der Waals surface area contributed by atoms with E-state index in [2.05, 4.69) is 23.6 Å². The van der Waals surface area contributed by atoms with Gasteiger partial charge in [-0.25, -0.2) is 0 Å². The fourth-order valence-electron chi connectivity index (χ4n) is 2.26. The molecule has 0 aliphatic carbocycles. The summed E-state index contributed by atoms with van der Waals surface area (Å²) < 4.78 is 10.5. The normalized spacial score (nSPS) is 21.2. The lowest BCUT2D eigenvalue weighted by Crippen LogP contribution is -2.48. The van der Waals surface area contributed by atoms with Crippen LogP contribution in [0, 0.1) is 0 Å². The number of hydrogen-bond donors (Lipinski definition) is 0. The van der Waals surface area contributed by atoms with Crippen LogP contribution in [0.2, 0.25) is 0 Å².